The second kappa shape index (κ2) is 7.38. The number of anilines is 1. The fraction of sp³-hybridized carbons (Fsp3) is 0. The molecule has 10 heteroatoms. The van der Waals surface area contributed by atoms with Crippen LogP contribution in [0.15, 0.2) is 76.6 Å². The van der Waals surface area contributed by atoms with Crippen LogP contribution in [0.3, 0.4) is 0 Å². The summed E-state index contributed by atoms with van der Waals surface area (Å²) >= 11 is 0. The molecule has 1 heterocycles. The van der Waals surface area contributed by atoms with Crippen molar-refractivity contribution < 1.29 is 22.3 Å². The van der Waals surface area contributed by atoms with Crippen LogP contribution in [0.2, 0.25) is 0 Å². The van der Waals surface area contributed by atoms with Crippen LogP contribution in [0.1, 0.15) is 0 Å². The quantitative estimate of drug-likeness (QED) is 0.733. The molecule has 27 heavy (non-hydrogen) atoms. The average Bonchev–Trinajstić information content (AvgIpc) is 2.65. The van der Waals surface area contributed by atoms with E-state index < -0.39 is 33.5 Å². The lowest BCUT2D eigenvalue weighted by Crippen LogP contribution is -2.31. The average molecular weight is 389 g/mol. The van der Waals surface area contributed by atoms with Crippen molar-refractivity contribution in [3.63, 3.8) is 0 Å². The summed E-state index contributed by atoms with van der Waals surface area (Å²) in [7, 11) is -4.34. The molecule has 1 N–H and O–H groups in total. The van der Waals surface area contributed by atoms with Gasteiger partial charge in [-0.2, -0.15) is 13.3 Å². The van der Waals surface area contributed by atoms with Gasteiger partial charge >= 0.3 is 11.8 Å². The largest absolute Gasteiger partial charge is 0.418 e. The van der Waals surface area contributed by atoms with Gasteiger partial charge in [0.1, 0.15) is 0 Å². The molecule has 8 nitrogen and oxygen atoms in total. The zero-order valence-electron chi connectivity index (χ0n) is 13.6. The van der Waals surface area contributed by atoms with Crippen LogP contribution in [-0.4, -0.2) is 23.5 Å². The van der Waals surface area contributed by atoms with E-state index in [0.717, 1.165) is 0 Å². The van der Waals surface area contributed by atoms with Crippen molar-refractivity contribution in [2.45, 2.75) is 4.90 Å². The second-order valence-corrected chi connectivity index (χ2v) is 6.99. The van der Waals surface area contributed by atoms with Gasteiger partial charge in [-0.3, -0.25) is 5.32 Å². The van der Waals surface area contributed by atoms with E-state index in [1.165, 1.54) is 24.3 Å². The van der Waals surface area contributed by atoms with E-state index in [4.69, 9.17) is 0 Å². The molecule has 0 saturated heterocycles. The number of nitrogens with one attached hydrogen (secondary N) is 1. The summed E-state index contributed by atoms with van der Waals surface area (Å²) in [6.07, 6.45) is -0.682. The van der Waals surface area contributed by atoms with Gasteiger partial charge in [0.15, 0.2) is 0 Å². The number of rotatable bonds is 4. The minimum atomic E-state index is -4.34. The molecule has 0 unspecified atom stereocenters. The van der Waals surface area contributed by atoms with E-state index in [0.29, 0.717) is 11.9 Å². The molecule has 0 atom stereocenters. The molecular formula is C17H12FN3O5S. The fourth-order valence-electron chi connectivity index (χ4n) is 2.11. The maximum atomic E-state index is 14.2. The molecule has 0 spiro atoms. The molecule has 1 amide bonds. The van der Waals surface area contributed by atoms with Crippen LogP contribution in [-0.2, 0) is 10.0 Å². The minimum Gasteiger partial charge on any atom is -0.388 e. The zero-order valence-corrected chi connectivity index (χ0v) is 14.4. The Hall–Kier alpha value is -3.53. The van der Waals surface area contributed by atoms with Gasteiger partial charge in [0, 0.05) is 5.69 Å². The van der Waals surface area contributed by atoms with E-state index in [1.807, 2.05) is 0 Å². The normalized spacial score (nSPS) is 11.0. The third kappa shape index (κ3) is 4.01. The van der Waals surface area contributed by atoms with Crippen LogP contribution in [0, 0.1) is 5.82 Å². The highest BCUT2D eigenvalue weighted by Gasteiger charge is 2.22. The minimum absolute atomic E-state index is 0.139. The fourth-order valence-corrected chi connectivity index (χ4v) is 3.31. The summed E-state index contributed by atoms with van der Waals surface area (Å²) < 4.78 is 43.8. The topological polar surface area (TPSA) is 107 Å². The number of hydrogen-bond donors (Lipinski definition) is 1. The molecule has 0 aliphatic rings. The van der Waals surface area contributed by atoms with Crippen molar-refractivity contribution in [1.82, 2.24) is 8.96 Å². The first-order chi connectivity index (χ1) is 12.9. The van der Waals surface area contributed by atoms with Crippen molar-refractivity contribution >= 4 is 21.8 Å². The van der Waals surface area contributed by atoms with Crippen LogP contribution in [0.4, 0.5) is 14.9 Å². The molecule has 138 valence electrons. The maximum Gasteiger partial charge on any atom is 0.418 e. The Balaban J connectivity index is 1.87. The Morgan fingerprint density at radius 2 is 1.63 bits per heavy atom. The second-order valence-electron chi connectivity index (χ2n) is 5.17. The molecule has 3 rings (SSSR count). The number of halogens is 1. The van der Waals surface area contributed by atoms with Gasteiger partial charge in [-0.1, -0.05) is 36.4 Å². The third-order valence-corrected chi connectivity index (χ3v) is 4.98. The highest BCUT2D eigenvalue weighted by Crippen LogP contribution is 2.16. The number of hydrogen-bond acceptors (Lipinski definition) is 6. The maximum absolute atomic E-state index is 14.2. The highest BCUT2D eigenvalue weighted by molar-refractivity contribution is 7.90. The molecule has 0 fully saturated rings. The number of amides is 1. The highest BCUT2D eigenvalue weighted by atomic mass is 32.2. The zero-order chi connectivity index (χ0) is 19.4. The number of nitrogens with zero attached hydrogens (tertiary/aromatic N) is 2. The number of carbonyl (C=O) groups excluding carboxylic acids is 1. The van der Waals surface area contributed by atoms with Gasteiger partial charge < -0.3 is 4.74 Å². The first kappa shape index (κ1) is 18.3. The third-order valence-electron chi connectivity index (χ3n) is 3.33. The van der Waals surface area contributed by atoms with Gasteiger partial charge in [-0.15, -0.1) is 0 Å². The van der Waals surface area contributed by atoms with E-state index in [9.17, 15) is 22.4 Å². The smallest absolute Gasteiger partial charge is 0.388 e. The van der Waals surface area contributed by atoms with E-state index >= 15 is 0 Å². The molecule has 3 aromatic rings. The lowest BCUT2D eigenvalue weighted by Gasteiger charge is -2.09. The summed E-state index contributed by atoms with van der Waals surface area (Å²) in [5, 5.41) is 2.31. The van der Waals surface area contributed by atoms with Crippen LogP contribution in [0.5, 0.6) is 5.88 Å². The first-order valence-electron chi connectivity index (χ1n) is 7.51. The predicted molar refractivity (Wildman–Crippen MR) is 93.6 cm³/mol. The summed E-state index contributed by atoms with van der Waals surface area (Å²) in [4.78, 5) is 26.8. The molecule has 0 aliphatic heterocycles. The lowest BCUT2D eigenvalue weighted by atomic mass is 10.3. The lowest BCUT2D eigenvalue weighted by molar-refractivity contribution is 0.210. The van der Waals surface area contributed by atoms with Gasteiger partial charge in [0.05, 0.1) is 11.1 Å². The van der Waals surface area contributed by atoms with Crippen LogP contribution in [0.25, 0.3) is 0 Å². The molecule has 0 aliphatic carbocycles. The van der Waals surface area contributed by atoms with Crippen LogP contribution >= 0.6 is 0 Å². The van der Waals surface area contributed by atoms with Crippen molar-refractivity contribution in [1.29, 1.82) is 0 Å². The van der Waals surface area contributed by atoms with E-state index in [2.05, 4.69) is 15.0 Å². The monoisotopic (exact) mass is 389 g/mol. The first-order valence-corrected chi connectivity index (χ1v) is 8.95. The molecule has 1 aromatic heterocycles. The molecular weight excluding hydrogens is 377 g/mol. The summed E-state index contributed by atoms with van der Waals surface area (Å²) in [5.41, 5.74) is -0.939. The Morgan fingerprint density at radius 1 is 1.04 bits per heavy atom. The number of ether oxygens (including phenoxy) is 1. The molecule has 0 saturated carbocycles. The Bertz CT molecular complexity index is 1130. The van der Waals surface area contributed by atoms with Crippen molar-refractivity contribution in [3.05, 3.63) is 83.2 Å². The van der Waals surface area contributed by atoms with E-state index in [-0.39, 0.29) is 8.87 Å². The summed E-state index contributed by atoms with van der Waals surface area (Å²) in [6.45, 7) is 0. The predicted octanol–water partition coefficient (Wildman–Crippen LogP) is 2.23. The number of benzene rings is 2. The summed E-state index contributed by atoms with van der Waals surface area (Å²) in [6, 6.07) is 15.2. The Morgan fingerprint density at radius 3 is 2.26 bits per heavy atom. The SMILES string of the molecule is O=C(Nc1ccccc1)Oc1nc(=O)n(S(=O)(=O)c2ccccc2)cc1F. The number of para-hydroxylation sites is 1. The van der Waals surface area contributed by atoms with Crippen molar-refractivity contribution in [2.75, 3.05) is 5.32 Å². The number of aromatic nitrogens is 2. The van der Waals surface area contributed by atoms with Gasteiger partial charge in [0.25, 0.3) is 15.9 Å². The van der Waals surface area contributed by atoms with Gasteiger partial charge in [0.2, 0.25) is 5.82 Å². The Kier molecular flexibility index (Phi) is 4.99. The Labute approximate surface area is 152 Å². The molecule has 0 bridgehead atoms. The molecule has 0 radical (unpaired) electrons. The summed E-state index contributed by atoms with van der Waals surface area (Å²) in [5.74, 6) is -2.23. The van der Waals surface area contributed by atoms with Gasteiger partial charge in [-0.05, 0) is 24.3 Å². The van der Waals surface area contributed by atoms with Crippen molar-refractivity contribution in [3.8, 4) is 5.88 Å². The number of carbonyl (C=O) groups is 1. The standard InChI is InChI=1S/C17H12FN3O5S/c18-14-11-21(27(24,25)13-9-5-2-6-10-13)16(22)20-15(14)26-17(23)19-12-7-3-1-4-8-12/h1-11H,(H,19,23). The van der Waals surface area contributed by atoms with Gasteiger partial charge in [-0.25, -0.2) is 18.0 Å². The molecule has 2 aromatic carbocycles. The van der Waals surface area contributed by atoms with E-state index in [1.54, 1.807) is 36.4 Å². The van der Waals surface area contributed by atoms with Crippen LogP contribution < -0.4 is 15.7 Å². The van der Waals surface area contributed by atoms with Crippen molar-refractivity contribution in [2.24, 2.45) is 0 Å².